The number of anilines is 1. The summed E-state index contributed by atoms with van der Waals surface area (Å²) in [7, 11) is 0. The Morgan fingerprint density at radius 2 is 1.86 bits per heavy atom. The minimum atomic E-state index is -0.297. The van der Waals surface area contributed by atoms with Crippen LogP contribution >= 0.6 is 0 Å². The second kappa shape index (κ2) is 5.93. The van der Waals surface area contributed by atoms with Gasteiger partial charge < -0.3 is 15.0 Å². The minimum Gasteiger partial charge on any atom is -0.461 e. The van der Waals surface area contributed by atoms with Gasteiger partial charge in [0, 0.05) is 23.1 Å². The number of esters is 1. The summed E-state index contributed by atoms with van der Waals surface area (Å²) in [4.78, 5) is 12.2. The molecule has 0 atom stereocenters. The van der Waals surface area contributed by atoms with Crippen molar-refractivity contribution in [2.45, 2.75) is 13.5 Å². The fraction of sp³-hybridized carbons (Fsp3) is 0.167. The molecule has 0 amide bonds. The van der Waals surface area contributed by atoms with E-state index >= 15 is 0 Å². The molecule has 4 nitrogen and oxygen atoms in total. The number of fused-ring (bicyclic) bond motifs is 1. The Kier molecular flexibility index (Phi) is 3.83. The molecule has 1 heterocycles. The van der Waals surface area contributed by atoms with Crippen LogP contribution in [0, 0.1) is 0 Å². The minimum absolute atomic E-state index is 0.297. The Labute approximate surface area is 129 Å². The predicted octanol–water partition coefficient (Wildman–Crippen LogP) is 3.45. The molecule has 3 rings (SSSR count). The van der Waals surface area contributed by atoms with Crippen molar-refractivity contribution in [3.05, 3.63) is 65.9 Å². The molecule has 0 aliphatic carbocycles. The number of ether oxygens (including phenoxy) is 1. The summed E-state index contributed by atoms with van der Waals surface area (Å²) in [6, 6.07) is 17.5. The van der Waals surface area contributed by atoms with E-state index < -0.39 is 0 Å². The molecule has 2 N–H and O–H groups in total. The maximum atomic E-state index is 12.2. The summed E-state index contributed by atoms with van der Waals surface area (Å²) >= 11 is 0. The predicted molar refractivity (Wildman–Crippen MR) is 87.9 cm³/mol. The Morgan fingerprint density at radius 1 is 1.14 bits per heavy atom. The molecule has 0 bridgehead atoms. The summed E-state index contributed by atoms with van der Waals surface area (Å²) in [6.45, 7) is 2.77. The van der Waals surface area contributed by atoms with E-state index in [0.717, 1.165) is 22.2 Å². The average molecular weight is 294 g/mol. The van der Waals surface area contributed by atoms with Crippen molar-refractivity contribution in [3.63, 3.8) is 0 Å². The zero-order chi connectivity index (χ0) is 15.5. The van der Waals surface area contributed by atoms with Crippen LogP contribution in [0.15, 0.2) is 54.6 Å². The first-order valence-corrected chi connectivity index (χ1v) is 7.29. The highest BCUT2D eigenvalue weighted by molar-refractivity contribution is 5.95. The standard InChI is InChI=1S/C18H18N2O2/c1-2-22-18(21)17-11-14-5-3-4-6-16(14)20(17)12-13-7-9-15(19)10-8-13/h3-11H,2,12,19H2,1H3. The van der Waals surface area contributed by atoms with E-state index in [4.69, 9.17) is 10.5 Å². The molecule has 1 aromatic heterocycles. The summed E-state index contributed by atoms with van der Waals surface area (Å²) in [6.07, 6.45) is 0. The van der Waals surface area contributed by atoms with Crippen LogP contribution in [0.25, 0.3) is 10.9 Å². The van der Waals surface area contributed by atoms with E-state index in [1.165, 1.54) is 0 Å². The van der Waals surface area contributed by atoms with Gasteiger partial charge in [-0.1, -0.05) is 30.3 Å². The Bertz CT molecular complexity index is 804. The van der Waals surface area contributed by atoms with Crippen LogP contribution in [0.5, 0.6) is 0 Å². The Hall–Kier alpha value is -2.75. The summed E-state index contributed by atoms with van der Waals surface area (Å²) in [5, 5.41) is 1.03. The number of nitrogens with two attached hydrogens (primary N) is 1. The monoisotopic (exact) mass is 294 g/mol. The molecule has 0 aliphatic rings. The molecule has 0 unspecified atom stereocenters. The van der Waals surface area contributed by atoms with Crippen molar-refractivity contribution >= 4 is 22.6 Å². The van der Waals surface area contributed by atoms with Gasteiger partial charge in [0.1, 0.15) is 5.69 Å². The van der Waals surface area contributed by atoms with Gasteiger partial charge in [0.2, 0.25) is 0 Å². The van der Waals surface area contributed by atoms with E-state index in [0.29, 0.717) is 18.8 Å². The largest absolute Gasteiger partial charge is 0.461 e. The lowest BCUT2D eigenvalue weighted by molar-refractivity contribution is 0.0515. The number of nitrogen functional groups attached to an aromatic ring is 1. The number of carbonyl (C=O) groups is 1. The van der Waals surface area contributed by atoms with E-state index in [1.807, 2.05) is 66.1 Å². The first kappa shape index (κ1) is 14.2. The molecule has 0 fully saturated rings. The summed E-state index contributed by atoms with van der Waals surface area (Å²) < 4.78 is 7.16. The van der Waals surface area contributed by atoms with Crippen LogP contribution in [0.2, 0.25) is 0 Å². The number of nitrogens with zero attached hydrogens (tertiary/aromatic N) is 1. The molecule has 0 spiro atoms. The summed E-state index contributed by atoms with van der Waals surface area (Å²) in [5.41, 5.74) is 9.13. The van der Waals surface area contributed by atoms with Crippen molar-refractivity contribution < 1.29 is 9.53 Å². The SMILES string of the molecule is CCOC(=O)c1cc2ccccc2n1Cc1ccc(N)cc1. The molecule has 0 saturated carbocycles. The van der Waals surface area contributed by atoms with Crippen molar-refractivity contribution in [1.29, 1.82) is 0 Å². The quantitative estimate of drug-likeness (QED) is 0.592. The highest BCUT2D eigenvalue weighted by Crippen LogP contribution is 2.22. The van der Waals surface area contributed by atoms with E-state index in [9.17, 15) is 4.79 Å². The molecule has 0 aliphatic heterocycles. The fourth-order valence-electron chi connectivity index (χ4n) is 2.56. The molecule has 4 heteroatoms. The molecule has 0 radical (unpaired) electrons. The normalized spacial score (nSPS) is 10.8. The maximum absolute atomic E-state index is 12.2. The van der Waals surface area contributed by atoms with Gasteiger partial charge in [0.05, 0.1) is 6.61 Å². The van der Waals surface area contributed by atoms with Gasteiger partial charge in [-0.25, -0.2) is 4.79 Å². The van der Waals surface area contributed by atoms with Crippen LogP contribution in [-0.4, -0.2) is 17.1 Å². The third-order valence-electron chi connectivity index (χ3n) is 3.62. The van der Waals surface area contributed by atoms with Crippen molar-refractivity contribution in [3.8, 4) is 0 Å². The van der Waals surface area contributed by atoms with E-state index in [1.54, 1.807) is 0 Å². The number of hydrogen-bond acceptors (Lipinski definition) is 3. The molecule has 0 saturated heterocycles. The zero-order valence-electron chi connectivity index (χ0n) is 12.5. The van der Waals surface area contributed by atoms with Crippen molar-refractivity contribution in [2.75, 3.05) is 12.3 Å². The first-order valence-electron chi connectivity index (χ1n) is 7.29. The van der Waals surface area contributed by atoms with Crippen LogP contribution in [-0.2, 0) is 11.3 Å². The number of benzene rings is 2. The van der Waals surface area contributed by atoms with Gasteiger partial charge in [-0.05, 0) is 36.8 Å². The van der Waals surface area contributed by atoms with Crippen molar-refractivity contribution in [1.82, 2.24) is 4.57 Å². The van der Waals surface area contributed by atoms with Gasteiger partial charge in [-0.15, -0.1) is 0 Å². The Balaban J connectivity index is 2.07. The highest BCUT2D eigenvalue weighted by Gasteiger charge is 2.16. The molecular weight excluding hydrogens is 276 g/mol. The molecule has 2 aromatic carbocycles. The lowest BCUT2D eigenvalue weighted by Gasteiger charge is -2.10. The molecule has 112 valence electrons. The smallest absolute Gasteiger partial charge is 0.354 e. The van der Waals surface area contributed by atoms with E-state index in [-0.39, 0.29) is 5.97 Å². The molecule has 3 aromatic rings. The maximum Gasteiger partial charge on any atom is 0.354 e. The van der Waals surface area contributed by atoms with E-state index in [2.05, 4.69) is 0 Å². The van der Waals surface area contributed by atoms with Crippen molar-refractivity contribution in [2.24, 2.45) is 0 Å². The third kappa shape index (κ3) is 2.68. The lowest BCUT2D eigenvalue weighted by atomic mass is 10.2. The lowest BCUT2D eigenvalue weighted by Crippen LogP contribution is -2.12. The van der Waals surface area contributed by atoms with Crippen LogP contribution < -0.4 is 5.73 Å². The zero-order valence-corrected chi connectivity index (χ0v) is 12.5. The summed E-state index contributed by atoms with van der Waals surface area (Å²) in [5.74, 6) is -0.297. The topological polar surface area (TPSA) is 57.2 Å². The van der Waals surface area contributed by atoms with Gasteiger partial charge >= 0.3 is 5.97 Å². The van der Waals surface area contributed by atoms with Gasteiger partial charge in [-0.3, -0.25) is 0 Å². The number of carbonyl (C=O) groups excluding carboxylic acids is 1. The number of para-hydroxylation sites is 1. The average Bonchev–Trinajstić information content (AvgIpc) is 2.89. The highest BCUT2D eigenvalue weighted by atomic mass is 16.5. The second-order valence-corrected chi connectivity index (χ2v) is 5.14. The number of rotatable bonds is 4. The van der Waals surface area contributed by atoms with Gasteiger partial charge in [0.25, 0.3) is 0 Å². The van der Waals surface area contributed by atoms with Gasteiger partial charge in [-0.2, -0.15) is 0 Å². The molecular formula is C18H18N2O2. The second-order valence-electron chi connectivity index (χ2n) is 5.14. The molecule has 22 heavy (non-hydrogen) atoms. The number of hydrogen-bond donors (Lipinski definition) is 1. The van der Waals surface area contributed by atoms with Gasteiger partial charge in [0.15, 0.2) is 0 Å². The van der Waals surface area contributed by atoms with Crippen LogP contribution in [0.1, 0.15) is 23.0 Å². The Morgan fingerprint density at radius 3 is 2.59 bits per heavy atom. The third-order valence-corrected chi connectivity index (χ3v) is 3.62. The van der Waals surface area contributed by atoms with Crippen LogP contribution in [0.3, 0.4) is 0 Å². The first-order chi connectivity index (χ1) is 10.7. The number of aromatic nitrogens is 1. The van der Waals surface area contributed by atoms with Crippen LogP contribution in [0.4, 0.5) is 5.69 Å². The fourth-order valence-corrected chi connectivity index (χ4v) is 2.56.